The van der Waals surface area contributed by atoms with E-state index in [2.05, 4.69) is 66.0 Å². The van der Waals surface area contributed by atoms with Crippen LogP contribution < -0.4 is 11.1 Å². The largest absolute Gasteiger partial charge is 0.328 e. The summed E-state index contributed by atoms with van der Waals surface area (Å²) in [5.41, 5.74) is 8.91. The number of hydrogen-bond acceptors (Lipinski definition) is 2. The van der Waals surface area contributed by atoms with Crippen molar-refractivity contribution >= 4 is 0 Å². The lowest BCUT2D eigenvalue weighted by atomic mass is 9.87. The summed E-state index contributed by atoms with van der Waals surface area (Å²) >= 11 is 0. The van der Waals surface area contributed by atoms with Crippen LogP contribution in [0.2, 0.25) is 0 Å². The monoisotopic (exact) mass is 252 g/mol. The van der Waals surface area contributed by atoms with Gasteiger partial charge in [0.15, 0.2) is 0 Å². The lowest BCUT2D eigenvalue weighted by Gasteiger charge is -2.35. The van der Waals surface area contributed by atoms with Crippen molar-refractivity contribution in [3.05, 3.63) is 71.8 Å². The van der Waals surface area contributed by atoms with Gasteiger partial charge < -0.3 is 11.1 Å². The summed E-state index contributed by atoms with van der Waals surface area (Å²) in [5, 5.41) is 3.74. The van der Waals surface area contributed by atoms with Crippen molar-refractivity contribution < 1.29 is 0 Å². The highest BCUT2D eigenvalue weighted by atomic mass is 15.0. The molecule has 3 rings (SSSR count). The maximum absolute atomic E-state index is 6.25. The fourth-order valence-electron chi connectivity index (χ4n) is 2.92. The van der Waals surface area contributed by atoms with Crippen molar-refractivity contribution in [1.29, 1.82) is 0 Å². The molecule has 1 aliphatic heterocycles. The first-order chi connectivity index (χ1) is 9.33. The van der Waals surface area contributed by atoms with E-state index in [9.17, 15) is 0 Å². The van der Waals surface area contributed by atoms with Gasteiger partial charge in [-0.3, -0.25) is 0 Å². The van der Waals surface area contributed by atoms with Crippen LogP contribution in [0.1, 0.15) is 36.1 Å². The Hall–Kier alpha value is -1.64. The molecule has 3 N–H and O–H groups in total. The Morgan fingerprint density at radius 1 is 0.737 bits per heavy atom. The molecule has 1 saturated heterocycles. The topological polar surface area (TPSA) is 38.0 Å². The molecular weight excluding hydrogens is 232 g/mol. The number of piperidine rings is 1. The third kappa shape index (κ3) is 2.86. The Morgan fingerprint density at radius 3 is 1.58 bits per heavy atom. The lowest BCUT2D eigenvalue weighted by Crippen LogP contribution is -2.41. The molecule has 2 unspecified atom stereocenters. The average Bonchev–Trinajstić information content (AvgIpc) is 2.48. The molecule has 0 aromatic heterocycles. The summed E-state index contributed by atoms with van der Waals surface area (Å²) in [6, 6.07) is 22.2. The van der Waals surface area contributed by atoms with Crippen LogP contribution in [0, 0.1) is 0 Å². The van der Waals surface area contributed by atoms with Gasteiger partial charge in [-0.2, -0.15) is 0 Å². The van der Waals surface area contributed by atoms with E-state index >= 15 is 0 Å². The molecule has 1 aliphatic rings. The molecule has 0 spiro atoms. The number of benzene rings is 2. The van der Waals surface area contributed by atoms with Crippen molar-refractivity contribution in [3.63, 3.8) is 0 Å². The molecule has 2 nitrogen and oxygen atoms in total. The molecule has 2 aromatic rings. The van der Waals surface area contributed by atoms with E-state index in [0.717, 1.165) is 12.8 Å². The quantitative estimate of drug-likeness (QED) is 0.861. The van der Waals surface area contributed by atoms with Gasteiger partial charge in [0.1, 0.15) is 0 Å². The van der Waals surface area contributed by atoms with Gasteiger partial charge in [0.2, 0.25) is 0 Å². The van der Waals surface area contributed by atoms with Gasteiger partial charge in [-0.1, -0.05) is 60.7 Å². The third-order valence-corrected chi connectivity index (χ3v) is 3.88. The van der Waals surface area contributed by atoms with Crippen molar-refractivity contribution in [2.24, 2.45) is 5.73 Å². The van der Waals surface area contributed by atoms with Crippen molar-refractivity contribution in [2.45, 2.75) is 31.0 Å². The van der Waals surface area contributed by atoms with Crippen LogP contribution in [0.3, 0.4) is 0 Å². The van der Waals surface area contributed by atoms with Crippen LogP contribution in [0.25, 0.3) is 0 Å². The first-order valence-electron chi connectivity index (χ1n) is 6.94. The molecule has 2 heteroatoms. The van der Waals surface area contributed by atoms with Gasteiger partial charge >= 0.3 is 0 Å². The number of nitrogens with two attached hydrogens (primary N) is 1. The highest BCUT2D eigenvalue weighted by Gasteiger charge is 2.27. The Labute approximate surface area is 114 Å². The van der Waals surface area contributed by atoms with Crippen LogP contribution in [-0.4, -0.2) is 6.04 Å². The van der Waals surface area contributed by atoms with Gasteiger partial charge in [0, 0.05) is 18.1 Å². The van der Waals surface area contributed by atoms with Gasteiger partial charge in [-0.05, 0) is 24.0 Å². The predicted molar refractivity (Wildman–Crippen MR) is 78.7 cm³/mol. The molecule has 0 saturated carbocycles. The molecule has 2 atom stereocenters. The Kier molecular flexibility index (Phi) is 3.62. The molecule has 1 fully saturated rings. The molecule has 0 aliphatic carbocycles. The second-order valence-corrected chi connectivity index (χ2v) is 5.32. The van der Waals surface area contributed by atoms with Gasteiger partial charge in [0.25, 0.3) is 0 Å². The van der Waals surface area contributed by atoms with E-state index in [4.69, 9.17) is 5.73 Å². The van der Waals surface area contributed by atoms with Crippen molar-refractivity contribution in [3.8, 4) is 0 Å². The minimum absolute atomic E-state index is 0.261. The highest BCUT2D eigenvalue weighted by molar-refractivity contribution is 5.24. The smallest absolute Gasteiger partial charge is 0.0340 e. The third-order valence-electron chi connectivity index (χ3n) is 3.88. The fraction of sp³-hybridized carbons (Fsp3) is 0.294. The standard InChI is InChI=1S/C17H20N2/c18-15-11-16(13-7-3-1-4-8-13)19-17(12-15)14-9-5-2-6-10-14/h1-10,15-17,19H,11-12,18H2. The Morgan fingerprint density at radius 2 is 1.16 bits per heavy atom. The maximum atomic E-state index is 6.25. The summed E-state index contributed by atoms with van der Waals surface area (Å²) in [6.45, 7) is 0. The molecular formula is C17H20N2. The number of nitrogens with one attached hydrogen (secondary N) is 1. The van der Waals surface area contributed by atoms with E-state index in [0.29, 0.717) is 12.1 Å². The van der Waals surface area contributed by atoms with E-state index in [1.807, 2.05) is 0 Å². The molecule has 0 radical (unpaired) electrons. The van der Waals surface area contributed by atoms with E-state index < -0.39 is 0 Å². The highest BCUT2D eigenvalue weighted by Crippen LogP contribution is 2.31. The molecule has 0 amide bonds. The predicted octanol–water partition coefficient (Wildman–Crippen LogP) is 3.18. The zero-order valence-corrected chi connectivity index (χ0v) is 11.0. The zero-order valence-electron chi connectivity index (χ0n) is 11.0. The molecule has 0 bridgehead atoms. The first-order valence-corrected chi connectivity index (χ1v) is 6.94. The zero-order chi connectivity index (χ0) is 13.1. The van der Waals surface area contributed by atoms with Gasteiger partial charge in [-0.25, -0.2) is 0 Å². The molecule has 19 heavy (non-hydrogen) atoms. The van der Waals surface area contributed by atoms with E-state index in [1.54, 1.807) is 0 Å². The molecule has 98 valence electrons. The van der Waals surface area contributed by atoms with Crippen LogP contribution in [0.4, 0.5) is 0 Å². The summed E-state index contributed by atoms with van der Waals surface area (Å²) < 4.78 is 0. The number of rotatable bonds is 2. The summed E-state index contributed by atoms with van der Waals surface area (Å²) in [4.78, 5) is 0. The minimum Gasteiger partial charge on any atom is -0.328 e. The first kappa shape index (κ1) is 12.4. The van der Waals surface area contributed by atoms with Gasteiger partial charge in [-0.15, -0.1) is 0 Å². The molecule has 2 aromatic carbocycles. The Balaban J connectivity index is 1.82. The van der Waals surface area contributed by atoms with Crippen molar-refractivity contribution in [1.82, 2.24) is 5.32 Å². The van der Waals surface area contributed by atoms with Gasteiger partial charge in [0.05, 0.1) is 0 Å². The maximum Gasteiger partial charge on any atom is 0.0340 e. The van der Waals surface area contributed by atoms with Crippen molar-refractivity contribution in [2.75, 3.05) is 0 Å². The number of hydrogen-bond donors (Lipinski definition) is 2. The SMILES string of the molecule is NC1CC(c2ccccc2)NC(c2ccccc2)C1. The normalized spacial score (nSPS) is 27.1. The lowest BCUT2D eigenvalue weighted by molar-refractivity contribution is 0.297. The minimum atomic E-state index is 0.261. The van der Waals surface area contributed by atoms with Crippen LogP contribution >= 0.6 is 0 Å². The second kappa shape index (κ2) is 5.55. The summed E-state index contributed by atoms with van der Waals surface area (Å²) in [5.74, 6) is 0. The van der Waals surface area contributed by atoms with E-state index in [1.165, 1.54) is 11.1 Å². The van der Waals surface area contributed by atoms with E-state index in [-0.39, 0.29) is 6.04 Å². The average molecular weight is 252 g/mol. The fourth-order valence-corrected chi connectivity index (χ4v) is 2.92. The molecule has 1 heterocycles. The van der Waals surface area contributed by atoms with Crippen LogP contribution in [0.5, 0.6) is 0 Å². The second-order valence-electron chi connectivity index (χ2n) is 5.32. The van der Waals surface area contributed by atoms with Crippen LogP contribution in [-0.2, 0) is 0 Å². The summed E-state index contributed by atoms with van der Waals surface area (Å²) in [6.07, 6.45) is 2.01. The summed E-state index contributed by atoms with van der Waals surface area (Å²) in [7, 11) is 0. The Bertz CT molecular complexity index is 462. The van der Waals surface area contributed by atoms with Crippen LogP contribution in [0.15, 0.2) is 60.7 Å².